The largest absolute Gasteiger partial charge is 0.477 e. The van der Waals surface area contributed by atoms with Gasteiger partial charge < -0.3 is 5.11 Å². The van der Waals surface area contributed by atoms with Gasteiger partial charge in [-0.25, -0.2) is 14.3 Å². The zero-order chi connectivity index (χ0) is 14.3. The van der Waals surface area contributed by atoms with Gasteiger partial charge in [0.1, 0.15) is 5.56 Å². The van der Waals surface area contributed by atoms with Gasteiger partial charge in [-0.05, 0) is 13.0 Å². The summed E-state index contributed by atoms with van der Waals surface area (Å²) in [4.78, 5) is 27.4. The van der Waals surface area contributed by atoms with Crippen LogP contribution in [0, 0.1) is 6.92 Å². The molecule has 0 bridgehead atoms. The first-order valence-electron chi connectivity index (χ1n) is 5.98. The van der Waals surface area contributed by atoms with Gasteiger partial charge in [0, 0.05) is 17.8 Å². The fourth-order valence-electron chi connectivity index (χ4n) is 2.09. The molecule has 0 amide bonds. The van der Waals surface area contributed by atoms with E-state index in [1.807, 2.05) is 31.2 Å². The molecule has 0 saturated heterocycles. The van der Waals surface area contributed by atoms with Gasteiger partial charge in [0.25, 0.3) is 5.56 Å². The van der Waals surface area contributed by atoms with Crippen LogP contribution in [-0.2, 0) is 0 Å². The quantitative estimate of drug-likeness (QED) is 0.741. The van der Waals surface area contributed by atoms with Crippen molar-refractivity contribution in [2.75, 3.05) is 0 Å². The molecule has 0 atom stereocenters. The number of benzene rings is 1. The molecule has 0 aliphatic carbocycles. The first-order chi connectivity index (χ1) is 9.56. The minimum atomic E-state index is -1.13. The molecule has 2 aromatic heterocycles. The van der Waals surface area contributed by atoms with Crippen molar-refractivity contribution < 1.29 is 9.90 Å². The van der Waals surface area contributed by atoms with Crippen molar-refractivity contribution in [2.45, 2.75) is 6.92 Å². The van der Waals surface area contributed by atoms with Crippen LogP contribution >= 0.6 is 0 Å². The zero-order valence-electron chi connectivity index (χ0n) is 10.6. The van der Waals surface area contributed by atoms with E-state index in [9.17, 15) is 9.59 Å². The van der Waals surface area contributed by atoms with Gasteiger partial charge in [-0.1, -0.05) is 23.8 Å². The Hall–Kier alpha value is -2.89. The Bertz CT molecular complexity index is 877. The number of H-pyrrole nitrogens is 1. The van der Waals surface area contributed by atoms with E-state index < -0.39 is 5.97 Å². The molecular formula is C14H11N3O3. The number of hydrogen-bond acceptors (Lipinski definition) is 3. The Labute approximate surface area is 113 Å². The van der Waals surface area contributed by atoms with Crippen molar-refractivity contribution in [3.63, 3.8) is 0 Å². The van der Waals surface area contributed by atoms with E-state index in [2.05, 4.69) is 10.1 Å². The van der Waals surface area contributed by atoms with E-state index in [-0.39, 0.29) is 16.8 Å². The highest BCUT2D eigenvalue weighted by Gasteiger charge is 2.14. The molecule has 6 heteroatoms. The lowest BCUT2D eigenvalue weighted by atomic mass is 10.1. The lowest BCUT2D eigenvalue weighted by Crippen LogP contribution is -2.15. The molecule has 6 nitrogen and oxygen atoms in total. The number of aromatic carboxylic acids is 1. The van der Waals surface area contributed by atoms with Gasteiger partial charge >= 0.3 is 5.97 Å². The Morgan fingerprint density at radius 2 is 2.15 bits per heavy atom. The number of carboxylic acid groups (broad SMARTS) is 1. The highest BCUT2D eigenvalue weighted by Crippen LogP contribution is 2.18. The number of hydrogen-bond donors (Lipinski definition) is 2. The van der Waals surface area contributed by atoms with Crippen molar-refractivity contribution in [1.29, 1.82) is 0 Å². The van der Waals surface area contributed by atoms with E-state index in [1.54, 1.807) is 0 Å². The maximum absolute atomic E-state index is 12.0. The number of aromatic nitrogens is 3. The molecule has 1 aromatic carbocycles. The second-order valence-electron chi connectivity index (χ2n) is 4.50. The normalized spacial score (nSPS) is 10.8. The number of nitrogens with one attached hydrogen (secondary N) is 1. The standard InChI is InChI=1S/C14H11N3O3/c1-8-3-2-4-9(5-8)11-6-12(18)17-13(16-11)10(7-15-17)14(19)20/h2-7,15H,1H3,(H,19,20). The third kappa shape index (κ3) is 1.87. The second-order valence-corrected chi connectivity index (χ2v) is 4.50. The summed E-state index contributed by atoms with van der Waals surface area (Å²) in [6, 6.07) is 8.91. The topological polar surface area (TPSA) is 87.5 Å². The molecule has 3 rings (SSSR count). The van der Waals surface area contributed by atoms with E-state index in [4.69, 9.17) is 5.11 Å². The molecule has 20 heavy (non-hydrogen) atoms. The van der Waals surface area contributed by atoms with Crippen molar-refractivity contribution in [3.05, 3.63) is 58.0 Å². The summed E-state index contributed by atoms with van der Waals surface area (Å²) < 4.78 is 1.11. The molecule has 0 aliphatic rings. The van der Waals surface area contributed by atoms with E-state index >= 15 is 0 Å². The summed E-state index contributed by atoms with van der Waals surface area (Å²) >= 11 is 0. The minimum absolute atomic E-state index is 0.0309. The van der Waals surface area contributed by atoms with E-state index in [0.717, 1.165) is 15.6 Å². The van der Waals surface area contributed by atoms with Crippen molar-refractivity contribution in [2.24, 2.45) is 0 Å². The third-order valence-corrected chi connectivity index (χ3v) is 3.04. The number of nitrogens with zero attached hydrogens (tertiary/aromatic N) is 2. The third-order valence-electron chi connectivity index (χ3n) is 3.04. The highest BCUT2D eigenvalue weighted by atomic mass is 16.4. The van der Waals surface area contributed by atoms with Crippen molar-refractivity contribution >= 4 is 11.6 Å². The molecule has 0 unspecified atom stereocenters. The predicted octanol–water partition coefficient (Wildman–Crippen LogP) is 1.70. The molecule has 0 fully saturated rings. The van der Waals surface area contributed by atoms with Gasteiger partial charge in [0.05, 0.1) is 5.69 Å². The molecule has 0 spiro atoms. The SMILES string of the molecule is Cc1cccc(-c2cc(=O)n3[nH]cc(C(=O)O)c3n2)c1. The van der Waals surface area contributed by atoms with Crippen molar-refractivity contribution in [1.82, 2.24) is 14.6 Å². The molecular weight excluding hydrogens is 258 g/mol. The fourth-order valence-corrected chi connectivity index (χ4v) is 2.09. The molecule has 0 saturated carbocycles. The summed E-state index contributed by atoms with van der Waals surface area (Å²) in [5.41, 5.74) is 2.01. The number of aromatic amines is 1. The Kier molecular flexibility index (Phi) is 2.64. The van der Waals surface area contributed by atoms with Crippen LogP contribution in [0.3, 0.4) is 0 Å². The maximum atomic E-state index is 12.0. The van der Waals surface area contributed by atoms with Crippen molar-refractivity contribution in [3.8, 4) is 11.3 Å². The van der Waals surface area contributed by atoms with Gasteiger partial charge in [-0.3, -0.25) is 9.89 Å². The zero-order valence-corrected chi connectivity index (χ0v) is 10.6. The van der Waals surface area contributed by atoms with Gasteiger partial charge in [0.15, 0.2) is 5.65 Å². The molecule has 2 heterocycles. The predicted molar refractivity (Wildman–Crippen MR) is 72.9 cm³/mol. The van der Waals surface area contributed by atoms with E-state index in [1.165, 1.54) is 12.3 Å². The summed E-state index contributed by atoms with van der Waals surface area (Å²) in [6.45, 7) is 1.94. The molecule has 100 valence electrons. The average molecular weight is 269 g/mol. The highest BCUT2D eigenvalue weighted by molar-refractivity contribution is 5.94. The van der Waals surface area contributed by atoms with Crippen LogP contribution in [0.25, 0.3) is 16.9 Å². The van der Waals surface area contributed by atoms with Crippen LogP contribution < -0.4 is 5.56 Å². The fraction of sp³-hybridized carbons (Fsp3) is 0.0714. The summed E-state index contributed by atoms with van der Waals surface area (Å²) in [7, 11) is 0. The number of fused-ring (bicyclic) bond motifs is 1. The Morgan fingerprint density at radius 3 is 2.85 bits per heavy atom. The second kappa shape index (κ2) is 4.34. The summed E-state index contributed by atoms with van der Waals surface area (Å²) in [5, 5.41) is 11.7. The first kappa shape index (κ1) is 12.2. The number of aryl methyl sites for hydroxylation is 1. The van der Waals surface area contributed by atoms with Gasteiger partial charge in [-0.15, -0.1) is 0 Å². The van der Waals surface area contributed by atoms with Gasteiger partial charge in [-0.2, -0.15) is 0 Å². The molecule has 2 N–H and O–H groups in total. The number of rotatable bonds is 2. The average Bonchev–Trinajstić information content (AvgIpc) is 2.83. The van der Waals surface area contributed by atoms with Crippen LogP contribution in [0.5, 0.6) is 0 Å². The first-order valence-corrected chi connectivity index (χ1v) is 5.98. The molecule has 0 radical (unpaired) electrons. The minimum Gasteiger partial charge on any atom is -0.477 e. The van der Waals surface area contributed by atoms with Crippen LogP contribution in [0.1, 0.15) is 15.9 Å². The Morgan fingerprint density at radius 1 is 1.35 bits per heavy atom. The maximum Gasteiger partial charge on any atom is 0.341 e. The van der Waals surface area contributed by atoms with Crippen LogP contribution in [0.2, 0.25) is 0 Å². The Balaban J connectivity index is 2.30. The lowest BCUT2D eigenvalue weighted by molar-refractivity contribution is 0.0699. The molecule has 0 aliphatic heterocycles. The smallest absolute Gasteiger partial charge is 0.341 e. The monoisotopic (exact) mass is 269 g/mol. The lowest BCUT2D eigenvalue weighted by Gasteiger charge is -2.03. The van der Waals surface area contributed by atoms with Crippen LogP contribution in [0.4, 0.5) is 0 Å². The van der Waals surface area contributed by atoms with Crippen LogP contribution in [0.15, 0.2) is 41.3 Å². The van der Waals surface area contributed by atoms with Gasteiger partial charge in [0.2, 0.25) is 0 Å². The van der Waals surface area contributed by atoms with Crippen LogP contribution in [-0.4, -0.2) is 25.7 Å². The summed E-state index contributed by atoms with van der Waals surface area (Å²) in [6.07, 6.45) is 1.26. The summed E-state index contributed by atoms with van der Waals surface area (Å²) in [5.74, 6) is -1.13. The van der Waals surface area contributed by atoms with E-state index in [0.29, 0.717) is 5.69 Å². The number of carbonyl (C=O) groups is 1. The number of carboxylic acids is 1. The molecule has 3 aromatic rings.